The molecule has 4 atom stereocenters. The molecule has 0 unspecified atom stereocenters. The fourth-order valence-electron chi connectivity index (χ4n) is 6.56. The summed E-state index contributed by atoms with van der Waals surface area (Å²) < 4.78 is 32.9. The standard InChI is InChI=1S/C28H30N4O7S/c1-16-21(26(28(36)37)32-25(16)23(17(2)34)27(32)35)14-31-13-19-4-3-5-20-18(6-7-22(24(19)20)40(31,38)39)12-30-9-8-29(15-30)10-11-33/h3-9,15-17,23,25,33-34H,10-14H2,1-2H3/t16-,17+,23+,25+/m0/s1. The average Bonchev–Trinajstić information content (AvgIpc) is 3.43. The highest BCUT2D eigenvalue weighted by Gasteiger charge is 2.58. The van der Waals surface area contributed by atoms with Gasteiger partial charge in [0.2, 0.25) is 22.3 Å². The van der Waals surface area contributed by atoms with E-state index in [0.717, 1.165) is 21.4 Å². The van der Waals surface area contributed by atoms with E-state index in [9.17, 15) is 33.3 Å². The van der Waals surface area contributed by atoms with Crippen molar-refractivity contribution >= 4 is 32.7 Å². The smallest absolute Gasteiger partial charge is 0.244 e. The Morgan fingerprint density at radius 1 is 1.25 bits per heavy atom. The van der Waals surface area contributed by atoms with Crippen LogP contribution in [0.4, 0.5) is 0 Å². The van der Waals surface area contributed by atoms with Crippen molar-refractivity contribution < 1.29 is 37.9 Å². The van der Waals surface area contributed by atoms with E-state index in [2.05, 4.69) is 0 Å². The number of aromatic nitrogens is 2. The van der Waals surface area contributed by atoms with Gasteiger partial charge in [0.15, 0.2) is 0 Å². The molecule has 0 radical (unpaired) electrons. The summed E-state index contributed by atoms with van der Waals surface area (Å²) in [5.74, 6) is -3.23. The molecule has 3 aliphatic heterocycles. The number of aliphatic carboxylic acids is 1. The van der Waals surface area contributed by atoms with Gasteiger partial charge in [-0.2, -0.15) is 4.31 Å². The monoisotopic (exact) mass is 566 g/mol. The fourth-order valence-corrected chi connectivity index (χ4v) is 8.19. The van der Waals surface area contributed by atoms with Gasteiger partial charge in [-0.15, -0.1) is 0 Å². The Morgan fingerprint density at radius 3 is 2.73 bits per heavy atom. The molecular weight excluding hydrogens is 536 g/mol. The van der Waals surface area contributed by atoms with Crippen molar-refractivity contribution in [2.45, 2.75) is 50.5 Å². The van der Waals surface area contributed by atoms with E-state index in [4.69, 9.17) is 0 Å². The van der Waals surface area contributed by atoms with Crippen molar-refractivity contribution in [2.24, 2.45) is 11.8 Å². The number of aliphatic hydroxyl groups is 2. The molecule has 210 valence electrons. The number of carboxylic acids is 1. The van der Waals surface area contributed by atoms with Crippen LogP contribution in [0, 0.1) is 11.8 Å². The number of hydrogen-bond donors (Lipinski definition) is 2. The maximum atomic E-state index is 13.9. The molecule has 0 bridgehead atoms. The predicted molar refractivity (Wildman–Crippen MR) is 139 cm³/mol. The lowest BCUT2D eigenvalue weighted by Crippen LogP contribution is -2.64. The number of hydrogen-bond acceptors (Lipinski definition) is 7. The molecule has 0 saturated carbocycles. The number of fused-ring (bicyclic) bond motifs is 1. The van der Waals surface area contributed by atoms with Crippen molar-refractivity contribution in [3.63, 3.8) is 0 Å². The van der Waals surface area contributed by atoms with Gasteiger partial charge >= 0.3 is 0 Å². The van der Waals surface area contributed by atoms with Crippen LogP contribution in [0.2, 0.25) is 0 Å². The van der Waals surface area contributed by atoms with Crippen LogP contribution < -0.4 is 9.67 Å². The summed E-state index contributed by atoms with van der Waals surface area (Å²) in [6, 6.07) is 8.49. The maximum Gasteiger partial charge on any atom is 0.244 e. The number of amides is 1. The first kappa shape index (κ1) is 26.6. The summed E-state index contributed by atoms with van der Waals surface area (Å²) in [5.41, 5.74) is 1.75. The van der Waals surface area contributed by atoms with Gasteiger partial charge in [-0.3, -0.25) is 4.79 Å². The zero-order valence-electron chi connectivity index (χ0n) is 22.1. The van der Waals surface area contributed by atoms with Crippen LogP contribution in [0.1, 0.15) is 25.0 Å². The number of carbonyl (C=O) groups is 2. The van der Waals surface area contributed by atoms with Gasteiger partial charge in [0, 0.05) is 30.0 Å². The molecule has 11 nitrogen and oxygen atoms in total. The summed E-state index contributed by atoms with van der Waals surface area (Å²) in [7, 11) is -4.01. The summed E-state index contributed by atoms with van der Waals surface area (Å²) in [5, 5.41) is 32.9. The Hall–Kier alpha value is -3.58. The fraction of sp³-hybridized carbons (Fsp3) is 0.393. The molecule has 3 aliphatic rings. The number of aliphatic hydroxyl groups excluding tert-OH is 2. The van der Waals surface area contributed by atoms with Gasteiger partial charge in [-0.1, -0.05) is 31.2 Å². The van der Waals surface area contributed by atoms with Crippen LogP contribution in [0.3, 0.4) is 0 Å². The minimum atomic E-state index is -4.01. The zero-order valence-corrected chi connectivity index (χ0v) is 22.9. The first-order valence-electron chi connectivity index (χ1n) is 13.2. The van der Waals surface area contributed by atoms with Gasteiger partial charge < -0.3 is 25.0 Å². The van der Waals surface area contributed by atoms with E-state index >= 15 is 0 Å². The van der Waals surface area contributed by atoms with Crippen LogP contribution in [0.15, 0.2) is 65.2 Å². The molecule has 1 saturated heterocycles. The van der Waals surface area contributed by atoms with E-state index < -0.39 is 45.9 Å². The SMILES string of the molecule is C[C@@H](O)[C@H]1C(=O)N2C(C(=O)[O-])=C(CN3Cc4cccc5c(C[n+]6ccn(CCO)c6)ccc(c45)S3(=O)=O)[C@H](C)[C@H]12. The number of imidazole rings is 1. The minimum Gasteiger partial charge on any atom is -0.543 e. The number of carboxylic acid groups (broad SMARTS) is 1. The van der Waals surface area contributed by atoms with Gasteiger partial charge in [-0.05, 0) is 29.5 Å². The molecule has 1 aromatic heterocycles. The Balaban J connectivity index is 1.35. The molecule has 2 N–H and O–H groups in total. The van der Waals surface area contributed by atoms with Crippen LogP contribution >= 0.6 is 0 Å². The molecule has 1 amide bonds. The lowest BCUT2D eigenvalue weighted by molar-refractivity contribution is -0.687. The number of β-lactam (4-membered cyclic amide) rings is 1. The number of nitrogens with zero attached hydrogens (tertiary/aromatic N) is 4. The van der Waals surface area contributed by atoms with Crippen LogP contribution in [0.5, 0.6) is 0 Å². The maximum absolute atomic E-state index is 13.9. The van der Waals surface area contributed by atoms with E-state index in [0.29, 0.717) is 24.0 Å². The summed E-state index contributed by atoms with van der Waals surface area (Å²) in [6.45, 7) is 4.11. The highest BCUT2D eigenvalue weighted by atomic mass is 32.2. The summed E-state index contributed by atoms with van der Waals surface area (Å²) in [4.78, 5) is 26.1. The highest BCUT2D eigenvalue weighted by Crippen LogP contribution is 2.48. The van der Waals surface area contributed by atoms with Crippen molar-refractivity contribution in [1.82, 2.24) is 13.8 Å². The topological polar surface area (TPSA) is 147 Å². The lowest BCUT2D eigenvalue weighted by atomic mass is 9.78. The van der Waals surface area contributed by atoms with E-state index in [1.165, 1.54) is 11.2 Å². The number of sulfonamides is 1. The summed E-state index contributed by atoms with van der Waals surface area (Å²) >= 11 is 0. The Morgan fingerprint density at radius 2 is 2.02 bits per heavy atom. The first-order valence-corrected chi connectivity index (χ1v) is 14.6. The van der Waals surface area contributed by atoms with Crippen molar-refractivity contribution in [1.29, 1.82) is 0 Å². The molecule has 0 spiro atoms. The van der Waals surface area contributed by atoms with E-state index in [1.807, 2.05) is 46.1 Å². The second-order valence-corrected chi connectivity index (χ2v) is 12.7. The normalized spacial score (nSPS) is 24.4. The quantitative estimate of drug-likeness (QED) is 0.272. The predicted octanol–water partition coefficient (Wildman–Crippen LogP) is -0.665. The third-order valence-electron chi connectivity index (χ3n) is 8.46. The lowest BCUT2D eigenvalue weighted by Gasteiger charge is -2.47. The average molecular weight is 567 g/mol. The molecule has 0 aliphatic carbocycles. The second-order valence-electron chi connectivity index (χ2n) is 10.8. The van der Waals surface area contributed by atoms with Crippen LogP contribution in [-0.4, -0.2) is 69.6 Å². The Bertz CT molecular complexity index is 1690. The van der Waals surface area contributed by atoms with Gasteiger partial charge in [-0.25, -0.2) is 17.6 Å². The Labute approximate surface area is 231 Å². The first-order chi connectivity index (χ1) is 19.0. The van der Waals surface area contributed by atoms with Gasteiger partial charge in [0.25, 0.3) is 0 Å². The largest absolute Gasteiger partial charge is 0.543 e. The molecule has 4 heterocycles. The highest BCUT2D eigenvalue weighted by molar-refractivity contribution is 7.89. The second kappa shape index (κ2) is 9.51. The third-order valence-corrected chi connectivity index (χ3v) is 10.3. The molecular formula is C28H30N4O7S. The van der Waals surface area contributed by atoms with E-state index in [1.54, 1.807) is 19.1 Å². The number of benzene rings is 2. The summed E-state index contributed by atoms with van der Waals surface area (Å²) in [6.07, 6.45) is 4.68. The molecule has 3 aromatic rings. The molecule has 40 heavy (non-hydrogen) atoms. The van der Waals surface area contributed by atoms with Gasteiger partial charge in [0.1, 0.15) is 25.5 Å². The van der Waals surface area contributed by atoms with Gasteiger partial charge in [0.05, 0.1) is 41.2 Å². The molecule has 6 rings (SSSR count). The molecule has 12 heteroatoms. The molecule has 2 aromatic carbocycles. The zero-order chi connectivity index (χ0) is 28.5. The number of rotatable bonds is 8. The van der Waals surface area contributed by atoms with Crippen molar-refractivity contribution in [3.05, 3.63) is 71.4 Å². The van der Waals surface area contributed by atoms with Crippen LogP contribution in [0.25, 0.3) is 10.8 Å². The van der Waals surface area contributed by atoms with Crippen molar-refractivity contribution in [2.75, 3.05) is 13.2 Å². The Kier molecular flexibility index (Phi) is 6.33. The molecule has 1 fully saturated rings. The third kappa shape index (κ3) is 3.89. The van der Waals surface area contributed by atoms with Crippen LogP contribution in [-0.2, 0) is 39.2 Å². The number of carbonyl (C=O) groups excluding carboxylic acids is 2. The van der Waals surface area contributed by atoms with Crippen molar-refractivity contribution in [3.8, 4) is 0 Å². The van der Waals surface area contributed by atoms with E-state index in [-0.39, 0.29) is 30.3 Å². The minimum absolute atomic E-state index is 0.0281.